The van der Waals surface area contributed by atoms with Gasteiger partial charge in [-0.1, -0.05) is 68.9 Å². The molecule has 1 aromatic rings. The molecule has 0 aromatic heterocycles. The van der Waals surface area contributed by atoms with Gasteiger partial charge in [-0.05, 0) is 68.2 Å². The number of imide groups is 1. The summed E-state index contributed by atoms with van der Waals surface area (Å²) in [6, 6.07) is 7.47. The molecule has 36 heavy (non-hydrogen) atoms. The van der Waals surface area contributed by atoms with Crippen LogP contribution < -0.4 is 0 Å². The number of allylic oxidation sites excluding steroid dienone is 2. The number of amides is 2. The van der Waals surface area contributed by atoms with Crippen molar-refractivity contribution in [3.05, 3.63) is 46.5 Å². The number of rotatable bonds is 8. The van der Waals surface area contributed by atoms with Crippen molar-refractivity contribution in [2.45, 2.75) is 96.6 Å². The van der Waals surface area contributed by atoms with Crippen LogP contribution in [0.2, 0.25) is 0 Å². The van der Waals surface area contributed by atoms with Gasteiger partial charge >= 0.3 is 0 Å². The molecule has 0 unspecified atom stereocenters. The van der Waals surface area contributed by atoms with E-state index in [0.717, 1.165) is 69.8 Å². The summed E-state index contributed by atoms with van der Waals surface area (Å²) in [6.45, 7) is 4.95. The number of hydrogen-bond donors (Lipinski definition) is 1. The second-order valence-corrected chi connectivity index (χ2v) is 11.2. The molecular formula is C31H41NO4. The molecule has 1 aromatic carbocycles. The van der Waals surface area contributed by atoms with E-state index in [4.69, 9.17) is 4.74 Å². The molecule has 3 fully saturated rings. The largest absolute Gasteiger partial charge is 0.508 e. The van der Waals surface area contributed by atoms with Crippen molar-refractivity contribution in [1.29, 1.82) is 0 Å². The Morgan fingerprint density at radius 2 is 1.78 bits per heavy atom. The molecule has 5 heteroatoms. The first-order valence-electron chi connectivity index (χ1n) is 14.2. The summed E-state index contributed by atoms with van der Waals surface area (Å²) in [4.78, 5) is 28.8. The molecule has 1 saturated carbocycles. The maximum atomic E-state index is 13.7. The molecule has 2 aliphatic carbocycles. The fourth-order valence-electron chi connectivity index (χ4n) is 7.25. The number of phenols is 1. The smallest absolute Gasteiger partial charge is 0.234 e. The lowest BCUT2D eigenvalue weighted by Gasteiger charge is -2.31. The van der Waals surface area contributed by atoms with E-state index in [2.05, 4.69) is 19.9 Å². The predicted molar refractivity (Wildman–Crippen MR) is 141 cm³/mol. The minimum Gasteiger partial charge on any atom is -0.508 e. The van der Waals surface area contributed by atoms with E-state index in [-0.39, 0.29) is 47.5 Å². The number of hydrogen-bond acceptors (Lipinski definition) is 4. The zero-order valence-electron chi connectivity index (χ0n) is 21.9. The number of likely N-dealkylation sites (tertiary alicyclic amines) is 1. The number of carbonyl (C=O) groups is 2. The molecule has 4 atom stereocenters. The molecule has 194 valence electrons. The third-order valence-corrected chi connectivity index (χ3v) is 8.97. The van der Waals surface area contributed by atoms with Gasteiger partial charge < -0.3 is 9.84 Å². The van der Waals surface area contributed by atoms with Crippen LogP contribution >= 0.6 is 0 Å². The molecule has 1 N–H and O–H groups in total. The molecule has 4 aliphatic rings. The average molecular weight is 492 g/mol. The lowest BCUT2D eigenvalue weighted by Crippen LogP contribution is -2.42. The van der Waals surface area contributed by atoms with E-state index in [9.17, 15) is 14.7 Å². The fourth-order valence-corrected chi connectivity index (χ4v) is 7.25. The Morgan fingerprint density at radius 1 is 1.03 bits per heavy atom. The van der Waals surface area contributed by atoms with E-state index >= 15 is 0 Å². The number of carbonyl (C=O) groups excluding carboxylic acids is 2. The SMILES string of the molecule is CCC/C(=C\c1ccc(O)cc1)CC[C@H]1OC[C@H]2C1=C(CC)C[C@H]1C(=O)N(C3CCCCC3)C(=O)[C@H]12. The highest BCUT2D eigenvalue weighted by Gasteiger charge is 2.57. The van der Waals surface area contributed by atoms with Gasteiger partial charge in [-0.25, -0.2) is 0 Å². The molecule has 0 spiro atoms. The molecule has 2 aliphatic heterocycles. The van der Waals surface area contributed by atoms with Crippen molar-refractivity contribution >= 4 is 17.9 Å². The van der Waals surface area contributed by atoms with Gasteiger partial charge in [0.15, 0.2) is 0 Å². The molecule has 0 radical (unpaired) electrons. The molecule has 2 heterocycles. The zero-order valence-corrected chi connectivity index (χ0v) is 21.9. The second-order valence-electron chi connectivity index (χ2n) is 11.2. The lowest BCUT2D eigenvalue weighted by atomic mass is 9.69. The van der Waals surface area contributed by atoms with Gasteiger partial charge in [0.1, 0.15) is 5.75 Å². The second kappa shape index (κ2) is 10.9. The van der Waals surface area contributed by atoms with Crippen LogP contribution in [0.1, 0.15) is 90.0 Å². The highest BCUT2D eigenvalue weighted by Crippen LogP contribution is 2.51. The lowest BCUT2D eigenvalue weighted by molar-refractivity contribution is -0.143. The molecule has 2 saturated heterocycles. The maximum Gasteiger partial charge on any atom is 0.234 e. The number of fused-ring (bicyclic) bond motifs is 3. The van der Waals surface area contributed by atoms with E-state index < -0.39 is 0 Å². The highest BCUT2D eigenvalue weighted by molar-refractivity contribution is 6.06. The standard InChI is InChI=1S/C31H41NO4/c1-3-8-20(17-21-11-14-24(33)15-12-21)13-16-27-28-22(4-2)18-25-29(26(28)19-36-27)31(35)32(30(25)34)23-9-6-5-7-10-23/h11-12,14-15,17,23,25-27,29,33H,3-10,13,16,18-19H2,1-2H3/b20-17+/t25-,26+,27-,29-/m1/s1. The number of phenolic OH excluding ortho intramolecular Hbond substituents is 1. The van der Waals surface area contributed by atoms with Crippen LogP contribution in [0.5, 0.6) is 5.75 Å². The minimum absolute atomic E-state index is 0.0395. The quantitative estimate of drug-likeness (QED) is 0.337. The Balaban J connectivity index is 1.33. The van der Waals surface area contributed by atoms with Crippen LogP contribution in [0.4, 0.5) is 0 Å². The highest BCUT2D eigenvalue weighted by atomic mass is 16.5. The van der Waals surface area contributed by atoms with Crippen LogP contribution in [0, 0.1) is 17.8 Å². The topological polar surface area (TPSA) is 66.8 Å². The van der Waals surface area contributed by atoms with Gasteiger partial charge in [0.25, 0.3) is 0 Å². The Hall–Kier alpha value is -2.40. The van der Waals surface area contributed by atoms with E-state index in [1.54, 1.807) is 17.0 Å². The molecule has 0 bridgehead atoms. The Morgan fingerprint density at radius 3 is 2.47 bits per heavy atom. The van der Waals surface area contributed by atoms with E-state index in [1.165, 1.54) is 23.1 Å². The summed E-state index contributed by atoms with van der Waals surface area (Å²) in [5.41, 5.74) is 5.19. The first kappa shape index (κ1) is 25.3. The van der Waals surface area contributed by atoms with Crippen molar-refractivity contribution in [3.63, 3.8) is 0 Å². The van der Waals surface area contributed by atoms with Crippen molar-refractivity contribution in [2.75, 3.05) is 6.61 Å². The van der Waals surface area contributed by atoms with Crippen LogP contribution in [-0.2, 0) is 14.3 Å². The number of ether oxygens (including phenoxy) is 1. The van der Waals surface area contributed by atoms with Gasteiger partial charge in [0, 0.05) is 12.0 Å². The summed E-state index contributed by atoms with van der Waals surface area (Å²) in [5, 5.41) is 9.60. The number of aromatic hydroxyl groups is 1. The van der Waals surface area contributed by atoms with Gasteiger partial charge in [-0.15, -0.1) is 0 Å². The first-order valence-corrected chi connectivity index (χ1v) is 14.2. The Kier molecular flexibility index (Phi) is 7.66. The van der Waals surface area contributed by atoms with Crippen molar-refractivity contribution < 1.29 is 19.4 Å². The summed E-state index contributed by atoms with van der Waals surface area (Å²) in [7, 11) is 0. The molecule has 5 rings (SSSR count). The first-order chi connectivity index (χ1) is 17.5. The molecular weight excluding hydrogens is 450 g/mol. The summed E-state index contributed by atoms with van der Waals surface area (Å²) < 4.78 is 6.40. The minimum atomic E-state index is -0.225. The molecule has 5 nitrogen and oxygen atoms in total. The summed E-state index contributed by atoms with van der Waals surface area (Å²) >= 11 is 0. The average Bonchev–Trinajstić information content (AvgIpc) is 3.42. The van der Waals surface area contributed by atoms with Crippen molar-refractivity contribution in [2.24, 2.45) is 17.8 Å². The molecule has 2 amide bonds. The summed E-state index contributed by atoms with van der Waals surface area (Å²) in [5.74, 6) is 0.105. The van der Waals surface area contributed by atoms with E-state index in [1.807, 2.05) is 12.1 Å². The van der Waals surface area contributed by atoms with Gasteiger partial charge in [-0.3, -0.25) is 14.5 Å². The number of benzene rings is 1. The van der Waals surface area contributed by atoms with Gasteiger partial charge in [0.05, 0.1) is 24.5 Å². The Labute approximate surface area is 215 Å². The maximum absolute atomic E-state index is 13.7. The zero-order chi connectivity index (χ0) is 25.2. The monoisotopic (exact) mass is 491 g/mol. The van der Waals surface area contributed by atoms with Crippen molar-refractivity contribution in [1.82, 2.24) is 4.90 Å². The van der Waals surface area contributed by atoms with Crippen LogP contribution in [-0.4, -0.2) is 40.6 Å². The van der Waals surface area contributed by atoms with E-state index in [0.29, 0.717) is 6.61 Å². The van der Waals surface area contributed by atoms with Crippen LogP contribution in [0.25, 0.3) is 6.08 Å². The normalized spacial score (nSPS) is 29.2. The van der Waals surface area contributed by atoms with Crippen molar-refractivity contribution in [3.8, 4) is 5.75 Å². The third-order valence-electron chi connectivity index (χ3n) is 8.97. The fraction of sp³-hybridized carbons (Fsp3) is 0.613. The summed E-state index contributed by atoms with van der Waals surface area (Å²) in [6.07, 6.45) is 13.3. The van der Waals surface area contributed by atoms with Crippen LogP contribution in [0.15, 0.2) is 41.0 Å². The predicted octanol–water partition coefficient (Wildman–Crippen LogP) is 6.42. The van der Waals surface area contributed by atoms with Gasteiger partial charge in [-0.2, -0.15) is 0 Å². The Bertz CT molecular complexity index is 1030. The van der Waals surface area contributed by atoms with Crippen LogP contribution in [0.3, 0.4) is 0 Å². The van der Waals surface area contributed by atoms with Gasteiger partial charge in [0.2, 0.25) is 11.8 Å². The third kappa shape index (κ3) is 4.79. The number of nitrogens with zero attached hydrogens (tertiary/aromatic N) is 1.